The minimum absolute atomic E-state index is 0.149. The van der Waals surface area contributed by atoms with Gasteiger partial charge in [0.15, 0.2) is 0 Å². The molecule has 16 heavy (non-hydrogen) atoms. The smallest absolute Gasteiger partial charge is 0.449 e. The van der Waals surface area contributed by atoms with Gasteiger partial charge in [-0.25, -0.2) is 14.4 Å². The minimum Gasteiger partial charge on any atom is -0.449 e. The predicted octanol–water partition coefficient (Wildman–Crippen LogP) is 2.02. The van der Waals surface area contributed by atoms with Gasteiger partial charge in [0.25, 0.3) is 0 Å². The SMILES string of the molecule is O=C(O)OC(=O)OC(=O)Oc1ccccc1. The summed E-state index contributed by atoms with van der Waals surface area (Å²) in [6.45, 7) is 0. The average molecular weight is 226 g/mol. The van der Waals surface area contributed by atoms with Crippen molar-refractivity contribution in [2.24, 2.45) is 0 Å². The Morgan fingerprint density at radius 2 is 1.56 bits per heavy atom. The summed E-state index contributed by atoms with van der Waals surface area (Å²) < 4.78 is 11.9. The van der Waals surface area contributed by atoms with E-state index in [1.165, 1.54) is 12.1 Å². The molecule has 7 heteroatoms. The number of para-hydroxylation sites is 1. The van der Waals surface area contributed by atoms with Crippen molar-refractivity contribution < 1.29 is 33.7 Å². The molecule has 0 aliphatic carbocycles. The monoisotopic (exact) mass is 226 g/mol. The summed E-state index contributed by atoms with van der Waals surface area (Å²) in [5.41, 5.74) is 0. The van der Waals surface area contributed by atoms with Crippen molar-refractivity contribution in [1.29, 1.82) is 0 Å². The number of benzene rings is 1. The molecule has 0 heterocycles. The van der Waals surface area contributed by atoms with Gasteiger partial charge in [0.05, 0.1) is 0 Å². The first-order chi connectivity index (χ1) is 7.58. The van der Waals surface area contributed by atoms with Crippen LogP contribution >= 0.6 is 0 Å². The van der Waals surface area contributed by atoms with Crippen LogP contribution in [0.2, 0.25) is 0 Å². The van der Waals surface area contributed by atoms with Crippen LogP contribution in [-0.4, -0.2) is 23.6 Å². The topological polar surface area (TPSA) is 99.1 Å². The molecule has 0 fully saturated rings. The van der Waals surface area contributed by atoms with Crippen LogP contribution in [0.3, 0.4) is 0 Å². The number of hydrogen-bond donors (Lipinski definition) is 1. The van der Waals surface area contributed by atoms with Crippen LogP contribution in [0.5, 0.6) is 5.75 Å². The molecule has 0 saturated heterocycles. The molecule has 0 aromatic heterocycles. The molecule has 0 bridgehead atoms. The second-order valence-electron chi connectivity index (χ2n) is 2.39. The van der Waals surface area contributed by atoms with Crippen molar-refractivity contribution in [1.82, 2.24) is 0 Å². The highest BCUT2D eigenvalue weighted by Gasteiger charge is 2.16. The predicted molar refractivity (Wildman–Crippen MR) is 48.1 cm³/mol. The maximum absolute atomic E-state index is 10.9. The van der Waals surface area contributed by atoms with Crippen molar-refractivity contribution in [2.75, 3.05) is 0 Å². The summed E-state index contributed by atoms with van der Waals surface area (Å²) in [5, 5.41) is 8.01. The number of carbonyl (C=O) groups excluding carboxylic acids is 2. The zero-order valence-corrected chi connectivity index (χ0v) is 7.78. The first-order valence-corrected chi connectivity index (χ1v) is 3.97. The Hall–Kier alpha value is -2.57. The summed E-state index contributed by atoms with van der Waals surface area (Å²) in [5.74, 6) is 0.149. The Kier molecular flexibility index (Phi) is 3.84. The molecule has 0 unspecified atom stereocenters. The summed E-state index contributed by atoms with van der Waals surface area (Å²) in [7, 11) is 0. The van der Waals surface area contributed by atoms with E-state index in [4.69, 9.17) is 5.11 Å². The van der Waals surface area contributed by atoms with Gasteiger partial charge in [0.1, 0.15) is 5.75 Å². The molecule has 0 radical (unpaired) electrons. The Bertz CT molecular complexity index is 398. The molecule has 0 amide bonds. The van der Waals surface area contributed by atoms with Crippen molar-refractivity contribution >= 4 is 18.5 Å². The van der Waals surface area contributed by atoms with E-state index in [1.807, 2.05) is 0 Å². The Labute approximate surface area is 89.1 Å². The van der Waals surface area contributed by atoms with Crippen LogP contribution in [0.25, 0.3) is 0 Å². The summed E-state index contributed by atoms with van der Waals surface area (Å²) >= 11 is 0. The molecule has 1 aromatic carbocycles. The zero-order valence-electron chi connectivity index (χ0n) is 7.78. The van der Waals surface area contributed by atoms with E-state index in [0.717, 1.165) is 0 Å². The molecular weight excluding hydrogens is 220 g/mol. The van der Waals surface area contributed by atoms with Gasteiger partial charge in [-0.2, -0.15) is 0 Å². The fourth-order valence-electron chi connectivity index (χ4n) is 0.766. The van der Waals surface area contributed by atoms with Crippen LogP contribution in [0.15, 0.2) is 30.3 Å². The van der Waals surface area contributed by atoms with Crippen LogP contribution < -0.4 is 4.74 Å². The first kappa shape index (κ1) is 11.5. The highest BCUT2D eigenvalue weighted by Crippen LogP contribution is 2.09. The second-order valence-corrected chi connectivity index (χ2v) is 2.39. The van der Waals surface area contributed by atoms with Gasteiger partial charge in [-0.3, -0.25) is 0 Å². The lowest BCUT2D eigenvalue weighted by atomic mass is 10.3. The Morgan fingerprint density at radius 1 is 0.938 bits per heavy atom. The molecule has 0 saturated carbocycles. The van der Waals surface area contributed by atoms with E-state index >= 15 is 0 Å². The molecule has 1 aromatic rings. The molecule has 0 atom stereocenters. The third kappa shape index (κ3) is 4.09. The van der Waals surface area contributed by atoms with Gasteiger partial charge in [0.2, 0.25) is 0 Å². The Morgan fingerprint density at radius 3 is 2.12 bits per heavy atom. The van der Waals surface area contributed by atoms with Gasteiger partial charge < -0.3 is 19.3 Å². The third-order valence-corrected chi connectivity index (χ3v) is 1.28. The molecule has 1 rings (SSSR count). The normalized spacial score (nSPS) is 9.00. The van der Waals surface area contributed by atoms with Crippen molar-refractivity contribution in [3.8, 4) is 5.75 Å². The number of carbonyl (C=O) groups is 3. The number of carboxylic acid groups (broad SMARTS) is 1. The quantitative estimate of drug-likeness (QED) is 0.444. The first-order valence-electron chi connectivity index (χ1n) is 3.97. The fourth-order valence-corrected chi connectivity index (χ4v) is 0.766. The third-order valence-electron chi connectivity index (χ3n) is 1.28. The second kappa shape index (κ2) is 5.35. The average Bonchev–Trinajstić information content (AvgIpc) is 2.17. The number of rotatable bonds is 1. The van der Waals surface area contributed by atoms with E-state index in [0.29, 0.717) is 0 Å². The van der Waals surface area contributed by atoms with Gasteiger partial charge in [-0.1, -0.05) is 18.2 Å². The van der Waals surface area contributed by atoms with Gasteiger partial charge >= 0.3 is 18.5 Å². The minimum atomic E-state index is -1.88. The van der Waals surface area contributed by atoms with Gasteiger partial charge in [0, 0.05) is 0 Å². The van der Waals surface area contributed by atoms with E-state index in [-0.39, 0.29) is 5.75 Å². The maximum atomic E-state index is 10.9. The molecule has 0 aliphatic rings. The highest BCUT2D eigenvalue weighted by atomic mass is 16.8. The molecule has 0 aliphatic heterocycles. The lowest BCUT2D eigenvalue weighted by molar-refractivity contribution is 0.0575. The van der Waals surface area contributed by atoms with E-state index in [9.17, 15) is 14.4 Å². The van der Waals surface area contributed by atoms with Crippen molar-refractivity contribution in [3.05, 3.63) is 30.3 Å². The standard InChI is InChI=1S/C9H6O7/c10-7(11)15-9(13)16-8(12)14-6-4-2-1-3-5-6/h1-5H,(H,10,11). The van der Waals surface area contributed by atoms with Crippen LogP contribution in [-0.2, 0) is 9.47 Å². The summed E-state index contributed by atoms with van der Waals surface area (Å²) in [4.78, 5) is 31.3. The largest absolute Gasteiger partial charge is 0.528 e. The lowest BCUT2D eigenvalue weighted by Crippen LogP contribution is -2.19. The fraction of sp³-hybridized carbons (Fsp3) is 0. The number of hydrogen-bond acceptors (Lipinski definition) is 6. The molecule has 1 N–H and O–H groups in total. The van der Waals surface area contributed by atoms with Crippen LogP contribution in [0.1, 0.15) is 0 Å². The van der Waals surface area contributed by atoms with Crippen molar-refractivity contribution in [2.45, 2.75) is 0 Å². The lowest BCUT2D eigenvalue weighted by Gasteiger charge is -2.02. The van der Waals surface area contributed by atoms with Crippen LogP contribution in [0.4, 0.5) is 14.4 Å². The van der Waals surface area contributed by atoms with Crippen LogP contribution in [0, 0.1) is 0 Å². The zero-order chi connectivity index (χ0) is 12.0. The number of ether oxygens (including phenoxy) is 3. The molecular formula is C9H6O7. The van der Waals surface area contributed by atoms with E-state index < -0.39 is 18.5 Å². The van der Waals surface area contributed by atoms with Gasteiger partial charge in [-0.15, -0.1) is 0 Å². The maximum Gasteiger partial charge on any atom is 0.528 e. The highest BCUT2D eigenvalue weighted by molar-refractivity contribution is 5.83. The van der Waals surface area contributed by atoms with E-state index in [1.54, 1.807) is 18.2 Å². The molecule has 84 valence electrons. The van der Waals surface area contributed by atoms with Gasteiger partial charge in [-0.05, 0) is 12.1 Å². The molecule has 7 nitrogen and oxygen atoms in total. The Balaban J connectivity index is 2.42. The molecule has 0 spiro atoms. The van der Waals surface area contributed by atoms with E-state index in [2.05, 4.69) is 14.2 Å². The summed E-state index contributed by atoms with van der Waals surface area (Å²) in [6.07, 6.45) is -4.93. The van der Waals surface area contributed by atoms with Crippen molar-refractivity contribution in [3.63, 3.8) is 0 Å². The summed E-state index contributed by atoms with van der Waals surface area (Å²) in [6, 6.07) is 7.78.